The highest BCUT2D eigenvalue weighted by Gasteiger charge is 2.30. The third kappa shape index (κ3) is 1.98. The van der Waals surface area contributed by atoms with Crippen LogP contribution in [0.25, 0.3) is 0 Å². The molecule has 6 heteroatoms. The molecule has 1 aliphatic rings. The topological polar surface area (TPSA) is 82.2 Å². The summed E-state index contributed by atoms with van der Waals surface area (Å²) >= 11 is 0. The number of carbonyl (C=O) groups is 1. The van der Waals surface area contributed by atoms with Crippen LogP contribution in [-0.4, -0.2) is 34.4 Å². The van der Waals surface area contributed by atoms with Gasteiger partial charge in [-0.1, -0.05) is 0 Å². The van der Waals surface area contributed by atoms with Gasteiger partial charge >= 0.3 is 5.91 Å². The second kappa shape index (κ2) is 4.23. The molecule has 2 atom stereocenters. The van der Waals surface area contributed by atoms with E-state index in [1.165, 1.54) is 12.5 Å². The van der Waals surface area contributed by atoms with Gasteiger partial charge < -0.3 is 14.6 Å². The van der Waals surface area contributed by atoms with E-state index in [1.54, 1.807) is 4.90 Å². The Morgan fingerprint density at radius 3 is 3.19 bits per heavy atom. The van der Waals surface area contributed by atoms with Crippen molar-refractivity contribution >= 4 is 5.91 Å². The number of oxazole rings is 1. The van der Waals surface area contributed by atoms with E-state index < -0.39 is 0 Å². The molecule has 0 aliphatic carbocycles. The fraction of sp³-hybridized carbons (Fsp3) is 0.500. The first-order chi connectivity index (χ1) is 7.70. The van der Waals surface area contributed by atoms with Gasteiger partial charge in [0.05, 0.1) is 6.20 Å². The van der Waals surface area contributed by atoms with Crippen LogP contribution in [0, 0.1) is 11.5 Å². The Labute approximate surface area is 92.9 Å². The zero-order valence-corrected chi connectivity index (χ0v) is 8.88. The van der Waals surface area contributed by atoms with Gasteiger partial charge in [-0.05, 0) is 13.3 Å². The van der Waals surface area contributed by atoms with Crippen LogP contribution in [0.1, 0.15) is 24.0 Å². The lowest BCUT2D eigenvalue weighted by Gasteiger charge is -2.11. The lowest BCUT2D eigenvalue weighted by Crippen LogP contribution is -2.36. The summed E-state index contributed by atoms with van der Waals surface area (Å²) in [6.07, 6.45) is 5.64. The van der Waals surface area contributed by atoms with E-state index in [1.807, 2.05) is 6.92 Å². The van der Waals surface area contributed by atoms with Gasteiger partial charge in [-0.25, -0.2) is 4.98 Å². The van der Waals surface area contributed by atoms with Gasteiger partial charge in [0.15, 0.2) is 6.19 Å². The Hall–Kier alpha value is -2.03. The molecular formula is C10H12N4O2. The molecule has 6 nitrogen and oxygen atoms in total. The van der Waals surface area contributed by atoms with E-state index >= 15 is 0 Å². The number of nitriles is 1. The molecule has 2 rings (SSSR count). The number of rotatable bonds is 2. The molecule has 2 heterocycles. The van der Waals surface area contributed by atoms with Gasteiger partial charge in [-0.2, -0.15) is 5.26 Å². The number of nitrogens with zero attached hydrogens (tertiary/aromatic N) is 3. The molecule has 0 aromatic carbocycles. The Morgan fingerprint density at radius 2 is 2.62 bits per heavy atom. The number of amides is 1. The van der Waals surface area contributed by atoms with Crippen molar-refractivity contribution in [3.8, 4) is 6.19 Å². The molecule has 0 saturated carbocycles. The highest BCUT2D eigenvalue weighted by molar-refractivity contribution is 5.89. The molecule has 1 amide bonds. The van der Waals surface area contributed by atoms with Crippen LogP contribution in [-0.2, 0) is 0 Å². The Balaban J connectivity index is 1.93. The number of nitrogens with one attached hydrogen (secondary N) is 1. The maximum atomic E-state index is 11.6. The minimum absolute atomic E-state index is 0.0194. The normalized spacial score (nSPS) is 24.1. The molecule has 1 N–H and O–H groups in total. The average Bonchev–Trinajstić information content (AvgIpc) is 2.87. The largest absolute Gasteiger partial charge is 0.441 e. The molecule has 0 radical (unpaired) electrons. The maximum Gasteiger partial charge on any atom is 0.307 e. The lowest BCUT2D eigenvalue weighted by atomic mass is 10.2. The van der Waals surface area contributed by atoms with Crippen LogP contribution in [0.2, 0.25) is 0 Å². The molecular weight excluding hydrogens is 208 g/mol. The van der Waals surface area contributed by atoms with E-state index in [0.29, 0.717) is 6.54 Å². The first-order valence-corrected chi connectivity index (χ1v) is 5.07. The second-order valence-corrected chi connectivity index (χ2v) is 3.84. The van der Waals surface area contributed by atoms with E-state index in [2.05, 4.69) is 16.5 Å². The molecule has 16 heavy (non-hydrogen) atoms. The summed E-state index contributed by atoms with van der Waals surface area (Å²) in [5, 5.41) is 11.6. The quantitative estimate of drug-likeness (QED) is 0.727. The summed E-state index contributed by atoms with van der Waals surface area (Å²) < 4.78 is 4.88. The zero-order chi connectivity index (χ0) is 11.5. The molecule has 1 aromatic heterocycles. The van der Waals surface area contributed by atoms with Crippen LogP contribution in [0.15, 0.2) is 16.9 Å². The number of aromatic nitrogens is 1. The molecule has 0 spiro atoms. The van der Waals surface area contributed by atoms with Crippen molar-refractivity contribution in [2.75, 3.05) is 6.54 Å². The van der Waals surface area contributed by atoms with Crippen LogP contribution < -0.4 is 5.32 Å². The van der Waals surface area contributed by atoms with E-state index in [0.717, 1.165) is 6.42 Å². The summed E-state index contributed by atoms with van der Waals surface area (Å²) in [7, 11) is 0. The predicted molar refractivity (Wildman–Crippen MR) is 54.2 cm³/mol. The van der Waals surface area contributed by atoms with Gasteiger partial charge in [0.2, 0.25) is 0 Å². The summed E-state index contributed by atoms with van der Waals surface area (Å²) in [6.45, 7) is 2.50. The molecule has 1 aliphatic heterocycles. The first-order valence-electron chi connectivity index (χ1n) is 5.07. The second-order valence-electron chi connectivity index (χ2n) is 3.84. The van der Waals surface area contributed by atoms with Crippen molar-refractivity contribution in [2.24, 2.45) is 0 Å². The summed E-state index contributed by atoms with van der Waals surface area (Å²) in [6, 6.07) is 0.147. The number of likely N-dealkylation sites (tertiary alicyclic amines) is 1. The third-order valence-electron chi connectivity index (χ3n) is 2.66. The maximum absolute atomic E-state index is 11.6. The molecule has 0 unspecified atom stereocenters. The minimum Gasteiger partial charge on any atom is -0.441 e. The van der Waals surface area contributed by atoms with Crippen LogP contribution in [0.3, 0.4) is 0 Å². The smallest absolute Gasteiger partial charge is 0.307 e. The van der Waals surface area contributed by atoms with Crippen LogP contribution in [0.5, 0.6) is 0 Å². The van der Waals surface area contributed by atoms with Crippen LogP contribution >= 0.6 is 0 Å². The standard InChI is InChI=1S/C10H12N4O2/c1-7-4-8(5-14(7)6-11)13-9(15)10-12-2-3-16-10/h2-3,7-8H,4-5H2,1H3,(H,13,15)/t7-,8+/m0/s1. The Morgan fingerprint density at radius 1 is 1.81 bits per heavy atom. The summed E-state index contributed by atoms with van der Waals surface area (Å²) in [5.74, 6) is -0.273. The van der Waals surface area contributed by atoms with E-state index in [-0.39, 0.29) is 23.9 Å². The van der Waals surface area contributed by atoms with Crippen LogP contribution in [0.4, 0.5) is 0 Å². The van der Waals surface area contributed by atoms with Gasteiger partial charge in [0, 0.05) is 18.6 Å². The average molecular weight is 220 g/mol. The number of hydrogen-bond acceptors (Lipinski definition) is 5. The monoisotopic (exact) mass is 220 g/mol. The summed E-state index contributed by atoms with van der Waals surface area (Å²) in [4.78, 5) is 17.0. The van der Waals surface area contributed by atoms with Crippen molar-refractivity contribution in [2.45, 2.75) is 25.4 Å². The van der Waals surface area contributed by atoms with Crippen molar-refractivity contribution < 1.29 is 9.21 Å². The van der Waals surface area contributed by atoms with Crippen molar-refractivity contribution in [3.05, 3.63) is 18.4 Å². The fourth-order valence-corrected chi connectivity index (χ4v) is 1.86. The van der Waals surface area contributed by atoms with Crippen molar-refractivity contribution in [1.29, 1.82) is 5.26 Å². The predicted octanol–water partition coefficient (Wildman–Crippen LogP) is 0.348. The molecule has 1 fully saturated rings. The number of hydrogen-bond donors (Lipinski definition) is 1. The molecule has 0 bridgehead atoms. The molecule has 84 valence electrons. The van der Waals surface area contributed by atoms with Crippen molar-refractivity contribution in [1.82, 2.24) is 15.2 Å². The third-order valence-corrected chi connectivity index (χ3v) is 2.66. The van der Waals surface area contributed by atoms with Crippen molar-refractivity contribution in [3.63, 3.8) is 0 Å². The molecule has 1 aromatic rings. The zero-order valence-electron chi connectivity index (χ0n) is 8.88. The SMILES string of the molecule is C[C@H]1C[C@@H](NC(=O)c2ncco2)CN1C#N. The number of carbonyl (C=O) groups excluding carboxylic acids is 1. The Bertz CT molecular complexity index is 409. The Kier molecular flexibility index (Phi) is 2.77. The van der Waals surface area contributed by atoms with E-state index in [9.17, 15) is 4.79 Å². The van der Waals surface area contributed by atoms with Gasteiger partial charge in [0.1, 0.15) is 6.26 Å². The van der Waals surface area contributed by atoms with E-state index in [4.69, 9.17) is 9.68 Å². The minimum atomic E-state index is -0.331. The summed E-state index contributed by atoms with van der Waals surface area (Å²) in [5.41, 5.74) is 0. The van der Waals surface area contributed by atoms with Gasteiger partial charge in [0.25, 0.3) is 5.89 Å². The van der Waals surface area contributed by atoms with Gasteiger partial charge in [-0.15, -0.1) is 0 Å². The van der Waals surface area contributed by atoms with Gasteiger partial charge in [-0.3, -0.25) is 4.79 Å². The molecule has 1 saturated heterocycles. The first kappa shape index (κ1) is 10.5. The fourth-order valence-electron chi connectivity index (χ4n) is 1.86. The lowest BCUT2D eigenvalue weighted by molar-refractivity contribution is 0.0903. The highest BCUT2D eigenvalue weighted by atomic mass is 16.3. The highest BCUT2D eigenvalue weighted by Crippen LogP contribution is 2.16.